The molecule has 1 nitrogen and oxygen atoms in total. The highest BCUT2D eigenvalue weighted by Gasteiger charge is 1.94. The third kappa shape index (κ3) is 1.59. The van der Waals surface area contributed by atoms with Gasteiger partial charge in [-0.15, -0.1) is 6.58 Å². The number of allylic oxidation sites excluding steroid dienone is 1. The Labute approximate surface area is 77.7 Å². The quantitative estimate of drug-likeness (QED) is 0.630. The molecule has 0 atom stereocenters. The molecule has 0 saturated heterocycles. The van der Waals surface area contributed by atoms with E-state index in [0.29, 0.717) is 0 Å². The van der Waals surface area contributed by atoms with Crippen LogP contribution >= 0.6 is 0 Å². The summed E-state index contributed by atoms with van der Waals surface area (Å²) in [6, 6.07) is 10.3. The molecule has 1 aromatic heterocycles. The Balaban J connectivity index is 2.55. The topological polar surface area (TPSA) is 12.9 Å². The average Bonchev–Trinajstić information content (AvgIpc) is 2.18. The minimum Gasteiger partial charge on any atom is -0.256 e. The summed E-state index contributed by atoms with van der Waals surface area (Å²) in [7, 11) is 0. The lowest BCUT2D eigenvalue weighted by Gasteiger charge is -1.99. The number of hydrogen-bond acceptors (Lipinski definition) is 1. The van der Waals surface area contributed by atoms with E-state index in [2.05, 4.69) is 35.8 Å². The number of benzene rings is 1. The predicted octanol–water partition coefficient (Wildman–Crippen LogP) is 2.96. The van der Waals surface area contributed by atoms with Crippen molar-refractivity contribution < 1.29 is 0 Å². The van der Waals surface area contributed by atoms with Crippen LogP contribution in [0.3, 0.4) is 0 Å². The van der Waals surface area contributed by atoms with Crippen LogP contribution in [0.5, 0.6) is 0 Å². The molecule has 2 rings (SSSR count). The molecule has 1 heteroatoms. The van der Waals surface area contributed by atoms with Gasteiger partial charge in [-0.2, -0.15) is 0 Å². The van der Waals surface area contributed by atoms with Crippen LogP contribution in [0.2, 0.25) is 0 Å². The molecule has 0 amide bonds. The Bertz CT molecular complexity index is 432. The summed E-state index contributed by atoms with van der Waals surface area (Å²) in [4.78, 5) is 4.29. The van der Waals surface area contributed by atoms with Crippen LogP contribution in [-0.2, 0) is 6.42 Å². The second-order valence-electron chi connectivity index (χ2n) is 3.02. The van der Waals surface area contributed by atoms with Crippen LogP contribution in [0.1, 0.15) is 5.56 Å². The average molecular weight is 169 g/mol. The summed E-state index contributed by atoms with van der Waals surface area (Å²) in [6.45, 7) is 3.72. The summed E-state index contributed by atoms with van der Waals surface area (Å²) in [5, 5.41) is 1.19. The number of fused-ring (bicyclic) bond motifs is 1. The molecule has 0 unspecified atom stereocenters. The van der Waals surface area contributed by atoms with E-state index >= 15 is 0 Å². The lowest BCUT2D eigenvalue weighted by molar-refractivity contribution is 1.28. The Morgan fingerprint density at radius 3 is 3.08 bits per heavy atom. The smallest absolute Gasteiger partial charge is 0.0704 e. The van der Waals surface area contributed by atoms with Gasteiger partial charge >= 0.3 is 0 Å². The summed E-state index contributed by atoms with van der Waals surface area (Å²) in [5.41, 5.74) is 2.32. The van der Waals surface area contributed by atoms with E-state index in [1.165, 1.54) is 10.9 Å². The van der Waals surface area contributed by atoms with E-state index in [-0.39, 0.29) is 0 Å². The summed E-state index contributed by atoms with van der Waals surface area (Å²) >= 11 is 0. The van der Waals surface area contributed by atoms with Crippen LogP contribution in [0.25, 0.3) is 10.9 Å². The molecule has 0 N–H and O–H groups in total. The SMILES string of the molecule is C=CCc1ccc2cccnc2c1. The Morgan fingerprint density at radius 1 is 1.31 bits per heavy atom. The molecule has 0 saturated carbocycles. The van der Waals surface area contributed by atoms with Crippen molar-refractivity contribution in [2.24, 2.45) is 0 Å². The summed E-state index contributed by atoms with van der Waals surface area (Å²) < 4.78 is 0. The molecular weight excluding hydrogens is 158 g/mol. The first-order valence-electron chi connectivity index (χ1n) is 4.35. The van der Waals surface area contributed by atoms with Gasteiger partial charge in [0.1, 0.15) is 0 Å². The molecule has 64 valence electrons. The predicted molar refractivity (Wildman–Crippen MR) is 55.6 cm³/mol. The molecule has 0 aliphatic rings. The van der Waals surface area contributed by atoms with E-state index in [9.17, 15) is 0 Å². The van der Waals surface area contributed by atoms with Crippen molar-refractivity contribution >= 4 is 10.9 Å². The van der Waals surface area contributed by atoms with Gasteiger partial charge in [0.25, 0.3) is 0 Å². The van der Waals surface area contributed by atoms with Gasteiger partial charge in [0, 0.05) is 11.6 Å². The van der Waals surface area contributed by atoms with E-state index in [1.807, 2.05) is 18.3 Å². The van der Waals surface area contributed by atoms with Crippen molar-refractivity contribution in [1.29, 1.82) is 0 Å². The monoisotopic (exact) mass is 169 g/mol. The molecule has 2 aromatic rings. The van der Waals surface area contributed by atoms with Crippen molar-refractivity contribution in [2.75, 3.05) is 0 Å². The molecule has 13 heavy (non-hydrogen) atoms. The second kappa shape index (κ2) is 3.40. The minimum absolute atomic E-state index is 0.909. The number of pyridine rings is 1. The van der Waals surface area contributed by atoms with Crippen molar-refractivity contribution in [2.45, 2.75) is 6.42 Å². The largest absolute Gasteiger partial charge is 0.256 e. The molecule has 0 aliphatic heterocycles. The minimum atomic E-state index is 0.909. The highest BCUT2D eigenvalue weighted by Crippen LogP contribution is 2.13. The van der Waals surface area contributed by atoms with Crippen LogP contribution in [0.4, 0.5) is 0 Å². The normalized spacial score (nSPS) is 10.2. The zero-order valence-corrected chi connectivity index (χ0v) is 7.40. The maximum atomic E-state index is 4.29. The fourth-order valence-electron chi connectivity index (χ4n) is 1.41. The highest BCUT2D eigenvalue weighted by molar-refractivity contribution is 5.78. The number of hydrogen-bond donors (Lipinski definition) is 0. The first-order valence-corrected chi connectivity index (χ1v) is 4.35. The molecule has 0 spiro atoms. The molecule has 0 radical (unpaired) electrons. The molecule has 0 bridgehead atoms. The van der Waals surface area contributed by atoms with Crippen LogP contribution in [0.15, 0.2) is 49.2 Å². The fraction of sp³-hybridized carbons (Fsp3) is 0.0833. The maximum Gasteiger partial charge on any atom is 0.0704 e. The Kier molecular flexibility index (Phi) is 2.09. The third-order valence-corrected chi connectivity index (χ3v) is 2.05. The Morgan fingerprint density at radius 2 is 2.23 bits per heavy atom. The Hall–Kier alpha value is -1.63. The molecular formula is C12H11N. The van der Waals surface area contributed by atoms with Crippen LogP contribution < -0.4 is 0 Å². The van der Waals surface area contributed by atoms with E-state index in [1.54, 1.807) is 0 Å². The third-order valence-electron chi connectivity index (χ3n) is 2.05. The van der Waals surface area contributed by atoms with Crippen molar-refractivity contribution in [3.8, 4) is 0 Å². The van der Waals surface area contributed by atoms with Gasteiger partial charge in [-0.05, 0) is 24.1 Å². The van der Waals surface area contributed by atoms with Crippen LogP contribution in [-0.4, -0.2) is 4.98 Å². The second-order valence-corrected chi connectivity index (χ2v) is 3.02. The first kappa shape index (κ1) is 7.99. The summed E-state index contributed by atoms with van der Waals surface area (Å²) in [6.07, 6.45) is 4.64. The summed E-state index contributed by atoms with van der Waals surface area (Å²) in [5.74, 6) is 0. The molecule has 1 aromatic carbocycles. The van der Waals surface area contributed by atoms with E-state index in [4.69, 9.17) is 0 Å². The maximum absolute atomic E-state index is 4.29. The van der Waals surface area contributed by atoms with Gasteiger partial charge in [0.2, 0.25) is 0 Å². The van der Waals surface area contributed by atoms with Gasteiger partial charge in [-0.1, -0.05) is 24.3 Å². The van der Waals surface area contributed by atoms with Gasteiger partial charge < -0.3 is 0 Å². The molecule has 0 fully saturated rings. The fourth-order valence-corrected chi connectivity index (χ4v) is 1.41. The van der Waals surface area contributed by atoms with Gasteiger partial charge in [0.05, 0.1) is 5.52 Å². The number of nitrogens with zero attached hydrogens (tertiary/aromatic N) is 1. The molecule has 0 aliphatic carbocycles. The van der Waals surface area contributed by atoms with Crippen molar-refractivity contribution in [3.63, 3.8) is 0 Å². The zero-order chi connectivity index (χ0) is 9.10. The highest BCUT2D eigenvalue weighted by atomic mass is 14.6. The number of rotatable bonds is 2. The number of aromatic nitrogens is 1. The zero-order valence-electron chi connectivity index (χ0n) is 7.40. The van der Waals surface area contributed by atoms with Crippen molar-refractivity contribution in [3.05, 3.63) is 54.7 Å². The first-order chi connectivity index (χ1) is 6.40. The van der Waals surface area contributed by atoms with Gasteiger partial charge in [-0.3, -0.25) is 4.98 Å². The molecule has 1 heterocycles. The van der Waals surface area contributed by atoms with Gasteiger partial charge in [-0.25, -0.2) is 0 Å². The van der Waals surface area contributed by atoms with E-state index in [0.717, 1.165) is 11.9 Å². The van der Waals surface area contributed by atoms with Crippen LogP contribution in [0, 0.1) is 0 Å². The lowest BCUT2D eigenvalue weighted by Crippen LogP contribution is -1.82. The van der Waals surface area contributed by atoms with Crippen molar-refractivity contribution in [1.82, 2.24) is 4.98 Å². The lowest BCUT2D eigenvalue weighted by atomic mass is 10.1. The van der Waals surface area contributed by atoms with Gasteiger partial charge in [0.15, 0.2) is 0 Å². The van der Waals surface area contributed by atoms with E-state index < -0.39 is 0 Å². The standard InChI is InChI=1S/C12H11N/c1-2-4-10-6-7-11-5-3-8-13-12(11)9-10/h2-3,5-9H,1,4H2.